The summed E-state index contributed by atoms with van der Waals surface area (Å²) in [6.45, 7) is 4.03. The van der Waals surface area contributed by atoms with Gasteiger partial charge in [0.25, 0.3) is 0 Å². The Morgan fingerprint density at radius 2 is 2.50 bits per heavy atom. The van der Waals surface area contributed by atoms with E-state index in [-0.39, 0.29) is 11.9 Å². The minimum Gasteiger partial charge on any atom is -0.368 e. The number of likely N-dealkylation sites (tertiary alicyclic amines) is 1. The number of nitrogens with two attached hydrogens (primary N) is 1. The maximum absolute atomic E-state index is 10.8. The molecular weight excluding hydrogens is 128 g/mol. The number of nitrogens with zero attached hydrogens (tertiary/aromatic N) is 1. The van der Waals surface area contributed by atoms with Crippen molar-refractivity contribution in [3.63, 3.8) is 0 Å². The topological polar surface area (TPSA) is 46.3 Å². The molecule has 0 aromatic rings. The van der Waals surface area contributed by atoms with Crippen molar-refractivity contribution < 1.29 is 4.79 Å². The van der Waals surface area contributed by atoms with Crippen LogP contribution in [0.25, 0.3) is 0 Å². The van der Waals surface area contributed by atoms with E-state index in [0.29, 0.717) is 0 Å². The second-order valence-electron chi connectivity index (χ2n) is 2.69. The Labute approximate surface area is 61.2 Å². The first-order valence-electron chi connectivity index (χ1n) is 3.79. The Morgan fingerprint density at radius 1 is 1.80 bits per heavy atom. The molecule has 0 spiro atoms. The summed E-state index contributed by atoms with van der Waals surface area (Å²) in [5.74, 6) is -0.167. The number of amides is 1. The van der Waals surface area contributed by atoms with Crippen LogP contribution < -0.4 is 5.73 Å². The van der Waals surface area contributed by atoms with Crippen molar-refractivity contribution in [3.05, 3.63) is 0 Å². The van der Waals surface area contributed by atoms with Crippen molar-refractivity contribution >= 4 is 5.91 Å². The zero-order chi connectivity index (χ0) is 7.56. The van der Waals surface area contributed by atoms with Crippen LogP contribution in [0.15, 0.2) is 0 Å². The van der Waals surface area contributed by atoms with Gasteiger partial charge in [0.15, 0.2) is 0 Å². The van der Waals surface area contributed by atoms with E-state index in [1.54, 1.807) is 0 Å². The van der Waals surface area contributed by atoms with Crippen LogP contribution in [0, 0.1) is 0 Å². The lowest BCUT2D eigenvalue weighted by atomic mass is 10.2. The normalized spacial score (nSPS) is 27.1. The fourth-order valence-corrected chi connectivity index (χ4v) is 1.53. The van der Waals surface area contributed by atoms with E-state index in [1.165, 1.54) is 0 Å². The molecule has 1 unspecified atom stereocenters. The maximum Gasteiger partial charge on any atom is 0.234 e. The highest BCUT2D eigenvalue weighted by atomic mass is 16.1. The molecule has 1 heterocycles. The predicted octanol–water partition coefficient (Wildman–Crippen LogP) is -0.0440. The molecule has 58 valence electrons. The Balaban J connectivity index is 2.50. The Morgan fingerprint density at radius 3 is 2.90 bits per heavy atom. The van der Waals surface area contributed by atoms with E-state index in [4.69, 9.17) is 5.73 Å². The molecule has 10 heavy (non-hydrogen) atoms. The minimum absolute atomic E-state index is 0.0185. The summed E-state index contributed by atoms with van der Waals surface area (Å²) in [5, 5.41) is 0. The highest BCUT2D eigenvalue weighted by molar-refractivity contribution is 5.80. The highest BCUT2D eigenvalue weighted by Gasteiger charge is 2.26. The fraction of sp³-hybridized carbons (Fsp3) is 0.857. The van der Waals surface area contributed by atoms with E-state index in [2.05, 4.69) is 11.8 Å². The molecule has 1 fully saturated rings. The van der Waals surface area contributed by atoms with Gasteiger partial charge in [-0.25, -0.2) is 0 Å². The molecule has 1 amide bonds. The third-order valence-electron chi connectivity index (χ3n) is 2.10. The van der Waals surface area contributed by atoms with Crippen molar-refractivity contribution in [2.24, 2.45) is 5.73 Å². The van der Waals surface area contributed by atoms with Gasteiger partial charge in [0.2, 0.25) is 5.91 Å². The number of primary amides is 1. The third kappa shape index (κ3) is 1.29. The van der Waals surface area contributed by atoms with Gasteiger partial charge in [0, 0.05) is 0 Å². The molecular formula is C7H14N2O. The van der Waals surface area contributed by atoms with Gasteiger partial charge in [-0.3, -0.25) is 9.69 Å². The quantitative estimate of drug-likeness (QED) is 0.588. The van der Waals surface area contributed by atoms with Gasteiger partial charge in [-0.2, -0.15) is 0 Å². The molecule has 0 saturated carbocycles. The number of rotatable bonds is 2. The van der Waals surface area contributed by atoms with Crippen molar-refractivity contribution in [1.29, 1.82) is 0 Å². The highest BCUT2D eigenvalue weighted by Crippen LogP contribution is 2.15. The fourth-order valence-electron chi connectivity index (χ4n) is 1.53. The summed E-state index contributed by atoms with van der Waals surface area (Å²) in [5.41, 5.74) is 5.18. The maximum atomic E-state index is 10.8. The summed E-state index contributed by atoms with van der Waals surface area (Å²) in [6.07, 6.45) is 2.06. The zero-order valence-corrected chi connectivity index (χ0v) is 6.34. The van der Waals surface area contributed by atoms with Crippen LogP contribution in [0.5, 0.6) is 0 Å². The minimum atomic E-state index is -0.167. The molecule has 2 N–H and O–H groups in total. The van der Waals surface area contributed by atoms with Gasteiger partial charge in [-0.1, -0.05) is 6.92 Å². The zero-order valence-electron chi connectivity index (χ0n) is 6.34. The molecule has 1 aliphatic heterocycles. The number of carbonyl (C=O) groups is 1. The van der Waals surface area contributed by atoms with Crippen molar-refractivity contribution in [3.8, 4) is 0 Å². The van der Waals surface area contributed by atoms with Crippen LogP contribution in [0.1, 0.15) is 19.8 Å². The predicted molar refractivity (Wildman–Crippen MR) is 39.5 cm³/mol. The van der Waals surface area contributed by atoms with Crippen molar-refractivity contribution in [2.75, 3.05) is 13.1 Å². The molecule has 0 aliphatic carbocycles. The van der Waals surface area contributed by atoms with Crippen LogP contribution in [-0.4, -0.2) is 29.9 Å². The molecule has 0 bridgehead atoms. The molecule has 1 rings (SSSR count). The molecule has 3 nitrogen and oxygen atoms in total. The van der Waals surface area contributed by atoms with Crippen LogP contribution in [0.2, 0.25) is 0 Å². The first-order valence-corrected chi connectivity index (χ1v) is 3.79. The standard InChI is InChI=1S/C7H14N2O/c1-2-9-5-3-4-6(9)7(8)10/h6H,2-5H2,1H3,(H2,8,10). The SMILES string of the molecule is CCN1CCCC1C(N)=O. The van der Waals surface area contributed by atoms with E-state index < -0.39 is 0 Å². The molecule has 1 aliphatic rings. The largest absolute Gasteiger partial charge is 0.368 e. The summed E-state index contributed by atoms with van der Waals surface area (Å²) in [6, 6.07) is 0.0185. The monoisotopic (exact) mass is 142 g/mol. The smallest absolute Gasteiger partial charge is 0.234 e. The van der Waals surface area contributed by atoms with Crippen LogP contribution in [0.4, 0.5) is 0 Å². The van der Waals surface area contributed by atoms with Gasteiger partial charge in [-0.15, -0.1) is 0 Å². The van der Waals surface area contributed by atoms with Gasteiger partial charge in [0.05, 0.1) is 6.04 Å². The third-order valence-corrected chi connectivity index (χ3v) is 2.10. The van der Waals surface area contributed by atoms with E-state index in [0.717, 1.165) is 25.9 Å². The Hall–Kier alpha value is -0.570. The Kier molecular flexibility index (Phi) is 2.27. The molecule has 0 radical (unpaired) electrons. The number of hydrogen-bond acceptors (Lipinski definition) is 2. The lowest BCUT2D eigenvalue weighted by Gasteiger charge is -2.18. The second kappa shape index (κ2) is 3.01. The molecule has 0 aromatic carbocycles. The summed E-state index contributed by atoms with van der Waals surface area (Å²) >= 11 is 0. The van der Waals surface area contributed by atoms with E-state index in [1.807, 2.05) is 0 Å². The van der Waals surface area contributed by atoms with Gasteiger partial charge < -0.3 is 5.73 Å². The first kappa shape index (κ1) is 7.54. The van der Waals surface area contributed by atoms with E-state index >= 15 is 0 Å². The van der Waals surface area contributed by atoms with Gasteiger partial charge >= 0.3 is 0 Å². The molecule has 0 aromatic heterocycles. The van der Waals surface area contributed by atoms with E-state index in [9.17, 15) is 4.79 Å². The number of likely N-dealkylation sites (N-methyl/N-ethyl adjacent to an activating group) is 1. The first-order chi connectivity index (χ1) is 4.75. The average Bonchev–Trinajstić information content (AvgIpc) is 2.33. The average molecular weight is 142 g/mol. The summed E-state index contributed by atoms with van der Waals surface area (Å²) in [4.78, 5) is 12.9. The summed E-state index contributed by atoms with van der Waals surface area (Å²) in [7, 11) is 0. The molecule has 1 atom stereocenters. The lowest BCUT2D eigenvalue weighted by molar-refractivity contribution is -0.122. The molecule has 3 heteroatoms. The van der Waals surface area contributed by atoms with Crippen molar-refractivity contribution in [1.82, 2.24) is 4.90 Å². The summed E-state index contributed by atoms with van der Waals surface area (Å²) < 4.78 is 0. The van der Waals surface area contributed by atoms with Crippen LogP contribution in [0.3, 0.4) is 0 Å². The van der Waals surface area contributed by atoms with Crippen LogP contribution >= 0.6 is 0 Å². The lowest BCUT2D eigenvalue weighted by Crippen LogP contribution is -2.39. The molecule has 1 saturated heterocycles. The van der Waals surface area contributed by atoms with Gasteiger partial charge in [0.1, 0.15) is 0 Å². The van der Waals surface area contributed by atoms with Crippen molar-refractivity contribution in [2.45, 2.75) is 25.8 Å². The number of carbonyl (C=O) groups excluding carboxylic acids is 1. The Bertz CT molecular complexity index is 136. The second-order valence-corrected chi connectivity index (χ2v) is 2.69. The van der Waals surface area contributed by atoms with Gasteiger partial charge in [-0.05, 0) is 25.9 Å². The van der Waals surface area contributed by atoms with Crippen LogP contribution in [-0.2, 0) is 4.79 Å². The number of hydrogen-bond donors (Lipinski definition) is 1.